The van der Waals surface area contributed by atoms with E-state index in [-0.39, 0.29) is 10.7 Å². The zero-order valence-corrected chi connectivity index (χ0v) is 15.9. The summed E-state index contributed by atoms with van der Waals surface area (Å²) in [5.74, 6) is 0. The molecule has 0 aliphatic heterocycles. The van der Waals surface area contributed by atoms with E-state index in [1.807, 2.05) is 0 Å². The van der Waals surface area contributed by atoms with Crippen LogP contribution in [-0.4, -0.2) is 67.5 Å². The maximum atomic E-state index is 12.2. The molecule has 0 spiro atoms. The Balaban J connectivity index is 3.54. The minimum Gasteiger partial charge on any atom is -0.398 e. The molecule has 1 rings (SSSR count). The minimum absolute atomic E-state index is 0.216. The molecule has 0 atom stereocenters. The number of benzene rings is 1. The summed E-state index contributed by atoms with van der Waals surface area (Å²) in [6.45, 7) is 0. The van der Waals surface area contributed by atoms with Gasteiger partial charge in [0.25, 0.3) is 20.0 Å². The lowest BCUT2D eigenvalue weighted by molar-refractivity contribution is 0.593. The molecule has 24 heavy (non-hydrogen) atoms. The van der Waals surface area contributed by atoms with Gasteiger partial charge in [-0.2, -0.15) is 16.8 Å². The monoisotopic (exact) mass is 395 g/mol. The zero-order valence-electron chi connectivity index (χ0n) is 13.5. The van der Waals surface area contributed by atoms with Gasteiger partial charge < -0.3 is 15.5 Å². The number of anilines is 1. The van der Waals surface area contributed by atoms with Crippen molar-refractivity contribution in [2.75, 3.05) is 33.9 Å². The fourth-order valence-corrected chi connectivity index (χ4v) is 3.98. The number of nitrogens with two attached hydrogens (primary N) is 1. The molecular weight excluding hydrogens is 378 g/mol. The third-order valence-electron chi connectivity index (χ3n) is 2.45. The van der Waals surface area contributed by atoms with E-state index in [2.05, 4.69) is 8.80 Å². The van der Waals surface area contributed by atoms with E-state index in [9.17, 15) is 16.8 Å². The molecule has 1 aromatic carbocycles. The summed E-state index contributed by atoms with van der Waals surface area (Å²) < 4.78 is 55.7. The first-order chi connectivity index (χ1) is 10.9. The van der Waals surface area contributed by atoms with Crippen LogP contribution in [0.4, 0.5) is 5.69 Å². The molecular formula is C12H18ClN5O4S2. The van der Waals surface area contributed by atoms with E-state index in [0.717, 1.165) is 24.8 Å². The van der Waals surface area contributed by atoms with Crippen molar-refractivity contribution in [3.63, 3.8) is 0 Å². The zero-order chi connectivity index (χ0) is 18.7. The molecule has 0 saturated heterocycles. The number of nitrogens with zero attached hydrogens (tertiary/aromatic N) is 4. The Morgan fingerprint density at radius 3 is 1.75 bits per heavy atom. The topological polar surface area (TPSA) is 125 Å². The van der Waals surface area contributed by atoms with Gasteiger partial charge in [0.05, 0.1) is 10.7 Å². The molecule has 0 aliphatic rings. The quantitative estimate of drug-likeness (QED) is 0.421. The van der Waals surface area contributed by atoms with Crippen LogP contribution in [0.5, 0.6) is 0 Å². The average Bonchev–Trinajstić information content (AvgIpc) is 2.42. The van der Waals surface area contributed by atoms with Crippen LogP contribution in [0.15, 0.2) is 30.7 Å². The summed E-state index contributed by atoms with van der Waals surface area (Å²) in [5, 5.41) is -0.237. The fraction of sp³-hybridized carbons (Fsp3) is 0.333. The highest BCUT2D eigenvalue weighted by Gasteiger charge is 2.24. The molecule has 1 aromatic rings. The highest BCUT2D eigenvalue weighted by Crippen LogP contribution is 2.31. The van der Waals surface area contributed by atoms with Crippen LogP contribution in [-0.2, 0) is 20.0 Å². The number of nitrogen functional groups attached to an aromatic ring is 1. The normalized spacial score (nSPS) is 12.9. The first-order valence-electron chi connectivity index (χ1n) is 6.39. The molecule has 0 bridgehead atoms. The van der Waals surface area contributed by atoms with Gasteiger partial charge in [-0.15, -0.1) is 8.80 Å². The molecule has 0 radical (unpaired) electrons. The molecule has 0 saturated carbocycles. The van der Waals surface area contributed by atoms with Gasteiger partial charge in [-0.1, -0.05) is 11.6 Å². The van der Waals surface area contributed by atoms with Gasteiger partial charge in [0.15, 0.2) is 0 Å². The Labute approximate surface area is 146 Å². The standard InChI is InChI=1S/C12H18ClN5O4S2/c1-17(2)7-15-23(19,20)11-6-12(10(14)5-9(11)13)24(21,22)16-8-18(3)4/h5-8H,14H2,1-4H3. The van der Waals surface area contributed by atoms with Crippen molar-refractivity contribution in [2.24, 2.45) is 8.80 Å². The Morgan fingerprint density at radius 1 is 0.917 bits per heavy atom. The minimum atomic E-state index is -4.20. The first-order valence-corrected chi connectivity index (χ1v) is 9.65. The van der Waals surface area contributed by atoms with Crippen molar-refractivity contribution >= 4 is 50.0 Å². The predicted octanol–water partition coefficient (Wildman–Crippen LogP) is 0.479. The van der Waals surface area contributed by atoms with Gasteiger partial charge in [0, 0.05) is 28.2 Å². The van der Waals surface area contributed by atoms with E-state index in [4.69, 9.17) is 17.3 Å². The van der Waals surface area contributed by atoms with Crippen molar-refractivity contribution in [3.05, 3.63) is 17.2 Å². The number of hydrogen-bond donors (Lipinski definition) is 1. The third-order valence-corrected chi connectivity index (χ3v) is 5.43. The second kappa shape index (κ2) is 7.36. The number of sulfonamides is 2. The van der Waals surface area contributed by atoms with Gasteiger partial charge in [0.1, 0.15) is 22.5 Å². The van der Waals surface area contributed by atoms with Gasteiger partial charge in [0.2, 0.25) is 0 Å². The highest BCUT2D eigenvalue weighted by molar-refractivity contribution is 7.91. The van der Waals surface area contributed by atoms with Gasteiger partial charge in [-0.3, -0.25) is 0 Å². The third kappa shape index (κ3) is 5.08. The first kappa shape index (κ1) is 20.2. The van der Waals surface area contributed by atoms with E-state index < -0.39 is 29.8 Å². The van der Waals surface area contributed by atoms with Gasteiger partial charge in [-0.05, 0) is 12.1 Å². The van der Waals surface area contributed by atoms with Crippen LogP contribution in [0.25, 0.3) is 0 Å². The summed E-state index contributed by atoms with van der Waals surface area (Å²) >= 11 is 5.89. The summed E-state index contributed by atoms with van der Waals surface area (Å²) in [5.41, 5.74) is 5.44. The van der Waals surface area contributed by atoms with Crippen LogP contribution in [0.1, 0.15) is 0 Å². The SMILES string of the molecule is CN(C)C=NS(=O)(=O)c1cc(S(=O)(=O)N=CN(C)C)c(Cl)cc1N. The maximum Gasteiger partial charge on any atom is 0.285 e. The Kier molecular flexibility index (Phi) is 6.20. The molecule has 0 aliphatic carbocycles. The molecule has 134 valence electrons. The molecule has 12 heteroatoms. The van der Waals surface area contributed by atoms with Crippen molar-refractivity contribution in [1.29, 1.82) is 0 Å². The average molecular weight is 396 g/mol. The molecule has 0 heterocycles. The lowest BCUT2D eigenvalue weighted by Crippen LogP contribution is -2.12. The van der Waals surface area contributed by atoms with Gasteiger partial charge in [-0.25, -0.2) is 0 Å². The van der Waals surface area contributed by atoms with Crippen LogP contribution < -0.4 is 5.73 Å². The van der Waals surface area contributed by atoms with Crippen LogP contribution >= 0.6 is 11.6 Å². The van der Waals surface area contributed by atoms with E-state index in [1.165, 1.54) is 9.80 Å². The summed E-state index contributed by atoms with van der Waals surface area (Å²) in [6.07, 6.45) is 2.11. The van der Waals surface area contributed by atoms with E-state index in [0.29, 0.717) is 0 Å². The number of hydrogen-bond acceptors (Lipinski definition) is 5. The van der Waals surface area contributed by atoms with Crippen LogP contribution in [0, 0.1) is 0 Å². The van der Waals surface area contributed by atoms with Crippen molar-refractivity contribution in [1.82, 2.24) is 9.80 Å². The highest BCUT2D eigenvalue weighted by atomic mass is 35.5. The fourth-order valence-electron chi connectivity index (χ4n) is 1.40. The molecule has 0 fully saturated rings. The number of halogens is 1. The summed E-state index contributed by atoms with van der Waals surface area (Å²) in [6, 6.07) is 1.89. The van der Waals surface area contributed by atoms with Gasteiger partial charge >= 0.3 is 0 Å². The molecule has 9 nitrogen and oxygen atoms in total. The smallest absolute Gasteiger partial charge is 0.285 e. The van der Waals surface area contributed by atoms with Crippen molar-refractivity contribution in [3.8, 4) is 0 Å². The summed E-state index contributed by atoms with van der Waals surface area (Å²) in [7, 11) is -2.09. The predicted molar refractivity (Wildman–Crippen MR) is 94.6 cm³/mol. The lowest BCUT2D eigenvalue weighted by Gasteiger charge is -2.09. The molecule has 0 aromatic heterocycles. The van der Waals surface area contributed by atoms with Crippen LogP contribution in [0.3, 0.4) is 0 Å². The number of rotatable bonds is 6. The Bertz CT molecular complexity index is 808. The van der Waals surface area contributed by atoms with E-state index >= 15 is 0 Å². The van der Waals surface area contributed by atoms with E-state index in [1.54, 1.807) is 28.2 Å². The lowest BCUT2D eigenvalue weighted by atomic mass is 10.3. The maximum absolute atomic E-state index is 12.2. The largest absolute Gasteiger partial charge is 0.398 e. The second-order valence-corrected chi connectivity index (χ2v) is 8.75. The Morgan fingerprint density at radius 2 is 1.33 bits per heavy atom. The second-order valence-electron chi connectivity index (χ2n) is 5.14. The molecule has 0 amide bonds. The summed E-state index contributed by atoms with van der Waals surface area (Å²) in [4.78, 5) is 1.86. The molecule has 2 N–H and O–H groups in total. The van der Waals surface area contributed by atoms with Crippen molar-refractivity contribution in [2.45, 2.75) is 9.79 Å². The molecule has 0 unspecified atom stereocenters. The Hall–Kier alpha value is -1.85. The van der Waals surface area contributed by atoms with Crippen molar-refractivity contribution < 1.29 is 16.8 Å². The van der Waals surface area contributed by atoms with Crippen LogP contribution in [0.2, 0.25) is 5.02 Å².